The fourth-order valence-corrected chi connectivity index (χ4v) is 2.44. The van der Waals surface area contributed by atoms with Crippen LogP contribution in [-0.2, 0) is 0 Å². The van der Waals surface area contributed by atoms with E-state index in [0.717, 1.165) is 5.56 Å². The summed E-state index contributed by atoms with van der Waals surface area (Å²) in [7, 11) is 2.91. The molecular weight excluding hydrogens is 311 g/mol. The third kappa shape index (κ3) is 3.59. The summed E-state index contributed by atoms with van der Waals surface area (Å²) < 4.78 is 24.5. The number of carbonyl (C=O) groups excluding carboxylic acids is 1. The average Bonchev–Trinajstić information content (AvgIpc) is 2.56. The fourth-order valence-electron chi connectivity index (χ4n) is 2.44. The lowest BCUT2D eigenvalue weighted by molar-refractivity contribution is 0.0938. The summed E-state index contributed by atoms with van der Waals surface area (Å²) in [6, 6.07) is 7.30. The molecule has 0 aromatic heterocycles. The highest BCUT2D eigenvalue weighted by Gasteiger charge is 2.19. The number of aryl methyl sites for hydroxylation is 1. The number of nitrogens with two attached hydrogens (primary N) is 1. The number of carbonyl (C=O) groups is 1. The Balaban J connectivity index is 2.27. The maximum Gasteiger partial charge on any atom is 0.252 e. The Morgan fingerprint density at radius 2 is 1.79 bits per heavy atom. The number of benzene rings is 2. The van der Waals surface area contributed by atoms with Crippen LogP contribution in [0, 0.1) is 12.7 Å². The van der Waals surface area contributed by atoms with Crippen LogP contribution >= 0.6 is 0 Å². The Bertz CT molecular complexity index is 762. The summed E-state index contributed by atoms with van der Waals surface area (Å²) in [5, 5.41) is 2.78. The van der Waals surface area contributed by atoms with Crippen molar-refractivity contribution >= 4 is 11.6 Å². The van der Waals surface area contributed by atoms with E-state index in [4.69, 9.17) is 15.2 Å². The first-order chi connectivity index (χ1) is 11.4. The van der Waals surface area contributed by atoms with E-state index in [9.17, 15) is 9.18 Å². The average molecular weight is 332 g/mol. The normalized spacial score (nSPS) is 11.7. The number of nitrogen functional groups attached to an aromatic ring is 1. The van der Waals surface area contributed by atoms with E-state index >= 15 is 0 Å². The van der Waals surface area contributed by atoms with Crippen molar-refractivity contribution in [1.29, 1.82) is 0 Å². The molecule has 0 fully saturated rings. The lowest BCUT2D eigenvalue weighted by Crippen LogP contribution is -2.28. The van der Waals surface area contributed by atoms with Gasteiger partial charge < -0.3 is 20.5 Å². The van der Waals surface area contributed by atoms with Crippen LogP contribution in [0.3, 0.4) is 0 Å². The third-order valence-corrected chi connectivity index (χ3v) is 3.82. The van der Waals surface area contributed by atoms with Gasteiger partial charge in [-0.05, 0) is 37.6 Å². The van der Waals surface area contributed by atoms with Crippen LogP contribution in [-0.4, -0.2) is 20.1 Å². The fraction of sp³-hybridized carbons (Fsp3) is 0.278. The Kier molecular flexibility index (Phi) is 5.28. The van der Waals surface area contributed by atoms with Crippen LogP contribution in [0.2, 0.25) is 0 Å². The SMILES string of the molecule is COc1cc(F)c(C(C)NC(=O)c2cc(N)ccc2C)cc1OC. The van der Waals surface area contributed by atoms with Gasteiger partial charge >= 0.3 is 0 Å². The van der Waals surface area contributed by atoms with Gasteiger partial charge in [-0.25, -0.2) is 4.39 Å². The van der Waals surface area contributed by atoms with Crippen LogP contribution in [0.25, 0.3) is 0 Å². The second-order valence-electron chi connectivity index (χ2n) is 5.50. The van der Waals surface area contributed by atoms with E-state index in [2.05, 4.69) is 5.32 Å². The van der Waals surface area contributed by atoms with Crippen molar-refractivity contribution in [2.45, 2.75) is 19.9 Å². The van der Waals surface area contributed by atoms with Crippen LogP contribution in [0.5, 0.6) is 11.5 Å². The van der Waals surface area contributed by atoms with Gasteiger partial charge in [-0.3, -0.25) is 4.79 Å². The van der Waals surface area contributed by atoms with Gasteiger partial charge in [-0.15, -0.1) is 0 Å². The molecular formula is C18H21FN2O3. The van der Waals surface area contributed by atoms with E-state index in [1.807, 2.05) is 6.92 Å². The Morgan fingerprint density at radius 3 is 2.42 bits per heavy atom. The van der Waals surface area contributed by atoms with Gasteiger partial charge in [0.2, 0.25) is 0 Å². The zero-order valence-corrected chi connectivity index (χ0v) is 14.1. The first kappa shape index (κ1) is 17.6. The van der Waals surface area contributed by atoms with Crippen LogP contribution in [0.15, 0.2) is 30.3 Å². The maximum atomic E-state index is 14.3. The van der Waals surface area contributed by atoms with Gasteiger partial charge in [-0.1, -0.05) is 6.07 Å². The molecule has 128 valence electrons. The number of rotatable bonds is 5. The Labute approximate surface area is 140 Å². The molecule has 1 unspecified atom stereocenters. The summed E-state index contributed by atoms with van der Waals surface area (Å²) in [6.45, 7) is 3.51. The van der Waals surface area contributed by atoms with E-state index < -0.39 is 11.9 Å². The molecule has 2 aromatic rings. The van der Waals surface area contributed by atoms with E-state index in [1.165, 1.54) is 26.4 Å². The maximum absolute atomic E-state index is 14.3. The Hall–Kier alpha value is -2.76. The molecule has 0 saturated carbocycles. The topological polar surface area (TPSA) is 73.6 Å². The molecule has 0 aliphatic heterocycles. The highest BCUT2D eigenvalue weighted by Crippen LogP contribution is 2.32. The quantitative estimate of drug-likeness (QED) is 0.825. The van der Waals surface area contributed by atoms with Crippen molar-refractivity contribution in [1.82, 2.24) is 5.32 Å². The van der Waals surface area contributed by atoms with Gasteiger partial charge in [-0.2, -0.15) is 0 Å². The van der Waals surface area contributed by atoms with E-state index in [1.54, 1.807) is 25.1 Å². The molecule has 24 heavy (non-hydrogen) atoms. The summed E-state index contributed by atoms with van der Waals surface area (Å²) in [6.07, 6.45) is 0. The first-order valence-electron chi connectivity index (χ1n) is 7.45. The van der Waals surface area contributed by atoms with Crippen LogP contribution in [0.1, 0.15) is 34.5 Å². The second kappa shape index (κ2) is 7.21. The number of hydrogen-bond acceptors (Lipinski definition) is 4. The highest BCUT2D eigenvalue weighted by molar-refractivity contribution is 5.96. The molecule has 5 nitrogen and oxygen atoms in total. The number of hydrogen-bond donors (Lipinski definition) is 2. The summed E-state index contributed by atoms with van der Waals surface area (Å²) in [5.41, 5.74) is 7.79. The van der Waals surface area contributed by atoms with Crippen LogP contribution in [0.4, 0.5) is 10.1 Å². The van der Waals surface area contributed by atoms with Gasteiger partial charge in [0.05, 0.1) is 20.3 Å². The van der Waals surface area contributed by atoms with Crippen molar-refractivity contribution in [2.24, 2.45) is 0 Å². The highest BCUT2D eigenvalue weighted by atomic mass is 19.1. The minimum atomic E-state index is -0.557. The number of halogens is 1. The van der Waals surface area contributed by atoms with Gasteiger partial charge in [0, 0.05) is 22.9 Å². The summed E-state index contributed by atoms with van der Waals surface area (Å²) in [4.78, 5) is 12.4. The summed E-state index contributed by atoms with van der Waals surface area (Å²) in [5.74, 6) is -0.106. The van der Waals surface area contributed by atoms with Crippen molar-refractivity contribution in [2.75, 3.05) is 20.0 Å². The number of methoxy groups -OCH3 is 2. The van der Waals surface area contributed by atoms with E-state index in [-0.39, 0.29) is 5.91 Å². The monoisotopic (exact) mass is 332 g/mol. The zero-order valence-electron chi connectivity index (χ0n) is 14.1. The number of nitrogens with one attached hydrogen (secondary N) is 1. The van der Waals surface area contributed by atoms with Crippen molar-refractivity contribution < 1.29 is 18.7 Å². The smallest absolute Gasteiger partial charge is 0.252 e. The zero-order chi connectivity index (χ0) is 17.9. The standard InChI is InChI=1S/C18H21FN2O3/c1-10-5-6-12(20)7-13(10)18(22)21-11(2)14-8-16(23-3)17(24-4)9-15(14)19/h5-9,11H,20H2,1-4H3,(H,21,22). The molecule has 2 rings (SSSR count). The lowest BCUT2D eigenvalue weighted by Gasteiger charge is -2.18. The molecule has 1 amide bonds. The minimum absolute atomic E-state index is 0.295. The minimum Gasteiger partial charge on any atom is -0.493 e. The van der Waals surface area contributed by atoms with Crippen LogP contribution < -0.4 is 20.5 Å². The van der Waals surface area contributed by atoms with Gasteiger partial charge in [0.25, 0.3) is 5.91 Å². The predicted octanol–water partition coefficient (Wildman–Crippen LogP) is 3.22. The number of ether oxygens (including phenoxy) is 2. The molecule has 2 aromatic carbocycles. The third-order valence-electron chi connectivity index (χ3n) is 3.82. The molecule has 0 bridgehead atoms. The molecule has 0 radical (unpaired) electrons. The molecule has 0 spiro atoms. The van der Waals surface area contributed by atoms with Crippen molar-refractivity contribution in [3.63, 3.8) is 0 Å². The first-order valence-corrected chi connectivity index (χ1v) is 7.45. The number of amides is 1. The molecule has 0 aliphatic rings. The second-order valence-corrected chi connectivity index (χ2v) is 5.50. The molecule has 0 heterocycles. The van der Waals surface area contributed by atoms with Crippen molar-refractivity contribution in [3.05, 3.63) is 52.8 Å². The number of anilines is 1. The molecule has 3 N–H and O–H groups in total. The predicted molar refractivity (Wildman–Crippen MR) is 91.0 cm³/mol. The summed E-state index contributed by atoms with van der Waals surface area (Å²) >= 11 is 0. The molecule has 1 atom stereocenters. The van der Waals surface area contributed by atoms with Gasteiger partial charge in [0.1, 0.15) is 5.82 Å². The molecule has 0 saturated heterocycles. The van der Waals surface area contributed by atoms with E-state index in [0.29, 0.717) is 28.3 Å². The Morgan fingerprint density at radius 1 is 1.17 bits per heavy atom. The van der Waals surface area contributed by atoms with Gasteiger partial charge in [0.15, 0.2) is 11.5 Å². The largest absolute Gasteiger partial charge is 0.493 e. The lowest BCUT2D eigenvalue weighted by atomic mass is 10.0. The van der Waals surface area contributed by atoms with Crippen molar-refractivity contribution in [3.8, 4) is 11.5 Å². The molecule has 6 heteroatoms. The molecule has 0 aliphatic carbocycles.